The second-order valence-corrected chi connectivity index (χ2v) is 9.43. The van der Waals surface area contributed by atoms with Crippen LogP contribution in [0.25, 0.3) is 0 Å². The van der Waals surface area contributed by atoms with Crippen molar-refractivity contribution in [1.82, 2.24) is 5.32 Å². The van der Waals surface area contributed by atoms with Crippen LogP contribution >= 0.6 is 0 Å². The van der Waals surface area contributed by atoms with Crippen LogP contribution in [-0.2, 0) is 14.1 Å². The van der Waals surface area contributed by atoms with Gasteiger partial charge in [-0.05, 0) is 76.2 Å². The number of carbonyl (C=O) groups is 1. The smallest absolute Gasteiger partial charge is 0.399 e. The van der Waals surface area contributed by atoms with Gasteiger partial charge in [0, 0.05) is 13.0 Å². The lowest BCUT2D eigenvalue weighted by atomic mass is 9.75. The first-order valence-electron chi connectivity index (χ1n) is 10.8. The van der Waals surface area contributed by atoms with Gasteiger partial charge < -0.3 is 14.6 Å². The van der Waals surface area contributed by atoms with Crippen molar-refractivity contribution in [3.8, 4) is 6.07 Å². The molecule has 0 unspecified atom stereocenters. The summed E-state index contributed by atoms with van der Waals surface area (Å²) in [4.78, 5) is 11.9. The molecule has 2 fully saturated rings. The van der Waals surface area contributed by atoms with Crippen LogP contribution in [0.4, 0.5) is 0 Å². The minimum absolute atomic E-state index is 0.0791. The van der Waals surface area contributed by atoms with E-state index in [9.17, 15) is 4.79 Å². The van der Waals surface area contributed by atoms with Crippen LogP contribution < -0.4 is 10.8 Å². The lowest BCUT2D eigenvalue weighted by molar-refractivity contribution is -0.122. The molecule has 1 N–H and O–H groups in total. The Kier molecular flexibility index (Phi) is 6.70. The molecular formula is C23H33BN2O3. The highest BCUT2D eigenvalue weighted by Gasteiger charge is 2.51. The summed E-state index contributed by atoms with van der Waals surface area (Å²) >= 11 is 0. The van der Waals surface area contributed by atoms with Crippen LogP contribution in [0.1, 0.15) is 77.7 Å². The summed E-state index contributed by atoms with van der Waals surface area (Å²) in [5, 5.41) is 11.4. The Balaban J connectivity index is 1.50. The Morgan fingerprint density at radius 1 is 1.10 bits per heavy atom. The molecule has 0 bridgehead atoms. The van der Waals surface area contributed by atoms with E-state index < -0.39 is 0 Å². The first kappa shape index (κ1) is 21.9. The molecule has 6 heteroatoms. The van der Waals surface area contributed by atoms with Crippen molar-refractivity contribution in [2.45, 2.75) is 83.3 Å². The van der Waals surface area contributed by atoms with Crippen molar-refractivity contribution in [3.05, 3.63) is 29.8 Å². The Morgan fingerprint density at radius 3 is 2.24 bits per heavy atom. The van der Waals surface area contributed by atoms with E-state index in [0.717, 1.165) is 31.1 Å². The molecule has 2 aliphatic rings. The molecule has 1 heterocycles. The fourth-order valence-corrected chi connectivity index (χ4v) is 4.20. The van der Waals surface area contributed by atoms with Crippen molar-refractivity contribution >= 4 is 18.5 Å². The molecule has 0 atom stereocenters. The number of hydrogen-bond acceptors (Lipinski definition) is 4. The lowest BCUT2D eigenvalue weighted by Crippen LogP contribution is -2.41. The minimum atomic E-state index is -0.324. The van der Waals surface area contributed by atoms with Gasteiger partial charge in [0.25, 0.3) is 0 Å². The Bertz CT molecular complexity index is 730. The van der Waals surface area contributed by atoms with Gasteiger partial charge >= 0.3 is 7.12 Å². The molecule has 1 aromatic carbocycles. The molecular weight excluding hydrogens is 363 g/mol. The van der Waals surface area contributed by atoms with Gasteiger partial charge in [0.05, 0.1) is 23.7 Å². The predicted molar refractivity (Wildman–Crippen MR) is 115 cm³/mol. The van der Waals surface area contributed by atoms with E-state index in [1.165, 1.54) is 5.56 Å². The molecule has 29 heavy (non-hydrogen) atoms. The van der Waals surface area contributed by atoms with Gasteiger partial charge in [0.1, 0.15) is 0 Å². The topological polar surface area (TPSA) is 71.3 Å². The largest absolute Gasteiger partial charge is 0.494 e. The molecule has 3 rings (SSSR count). The fraction of sp³-hybridized carbons (Fsp3) is 0.652. The molecule has 5 nitrogen and oxygen atoms in total. The summed E-state index contributed by atoms with van der Waals surface area (Å²) < 4.78 is 12.3. The van der Waals surface area contributed by atoms with E-state index in [1.54, 1.807) is 0 Å². The highest BCUT2D eigenvalue weighted by atomic mass is 16.7. The number of amides is 1. The van der Waals surface area contributed by atoms with E-state index in [0.29, 0.717) is 31.2 Å². The normalized spacial score (nSPS) is 25.4. The summed E-state index contributed by atoms with van der Waals surface area (Å²) in [6.45, 7) is 8.75. The standard InChI is InChI=1S/C23H33BN2O3/c1-22(2)23(3,4)29-24(28-22)20-12-10-19(11-13-20)18-8-6-17(7-9-18)16-21(27)26-15-5-14-25/h10-13,17-18H,5-9,15-16H2,1-4H3,(H,26,27). The van der Waals surface area contributed by atoms with E-state index >= 15 is 0 Å². The maximum Gasteiger partial charge on any atom is 0.494 e. The maximum atomic E-state index is 11.9. The van der Waals surface area contributed by atoms with E-state index in [-0.39, 0.29) is 24.2 Å². The minimum Gasteiger partial charge on any atom is -0.399 e. The van der Waals surface area contributed by atoms with Crippen LogP contribution in [0.5, 0.6) is 0 Å². The summed E-state index contributed by atoms with van der Waals surface area (Å²) in [6.07, 6.45) is 5.35. The van der Waals surface area contributed by atoms with Crippen molar-refractivity contribution < 1.29 is 14.1 Å². The summed E-state index contributed by atoms with van der Waals surface area (Å²) in [6, 6.07) is 10.7. The number of nitriles is 1. The number of nitrogens with one attached hydrogen (secondary N) is 1. The highest BCUT2D eigenvalue weighted by molar-refractivity contribution is 6.62. The monoisotopic (exact) mass is 396 g/mol. The Labute approximate surface area is 175 Å². The van der Waals surface area contributed by atoms with Crippen LogP contribution in [-0.4, -0.2) is 30.8 Å². The van der Waals surface area contributed by atoms with Gasteiger partial charge in [0.15, 0.2) is 0 Å². The van der Waals surface area contributed by atoms with Crippen molar-refractivity contribution in [2.75, 3.05) is 6.54 Å². The molecule has 1 aliphatic carbocycles. The number of nitrogens with zero attached hydrogens (tertiary/aromatic N) is 1. The highest BCUT2D eigenvalue weighted by Crippen LogP contribution is 2.38. The van der Waals surface area contributed by atoms with Crippen LogP contribution in [0.15, 0.2) is 24.3 Å². The zero-order valence-electron chi connectivity index (χ0n) is 18.2. The third-order valence-corrected chi connectivity index (χ3v) is 6.81. The van der Waals surface area contributed by atoms with Crippen molar-refractivity contribution in [1.29, 1.82) is 5.26 Å². The first-order valence-corrected chi connectivity index (χ1v) is 10.8. The van der Waals surface area contributed by atoms with Crippen LogP contribution in [0.2, 0.25) is 0 Å². The molecule has 1 saturated heterocycles. The van der Waals surface area contributed by atoms with E-state index in [4.69, 9.17) is 14.6 Å². The van der Waals surface area contributed by atoms with Crippen LogP contribution in [0.3, 0.4) is 0 Å². The van der Waals surface area contributed by atoms with E-state index in [1.807, 2.05) is 6.07 Å². The number of carbonyl (C=O) groups excluding carboxylic acids is 1. The summed E-state index contributed by atoms with van der Waals surface area (Å²) in [5.74, 6) is 1.09. The van der Waals surface area contributed by atoms with Gasteiger partial charge in [-0.15, -0.1) is 0 Å². The average molecular weight is 396 g/mol. The SMILES string of the molecule is CC1(C)OB(c2ccc(C3CCC(CC(=O)NCCC#N)CC3)cc2)OC1(C)C. The van der Waals surface area contributed by atoms with Crippen LogP contribution in [0, 0.1) is 17.2 Å². The lowest BCUT2D eigenvalue weighted by Gasteiger charge is -2.32. The molecule has 156 valence electrons. The van der Waals surface area contributed by atoms with Gasteiger partial charge in [-0.1, -0.05) is 24.3 Å². The molecule has 1 aromatic rings. The number of benzene rings is 1. The second kappa shape index (κ2) is 8.89. The molecule has 0 radical (unpaired) electrons. The van der Waals surface area contributed by atoms with Gasteiger partial charge in [0.2, 0.25) is 5.91 Å². The average Bonchev–Trinajstić information content (AvgIpc) is 2.90. The third kappa shape index (κ3) is 5.21. The second-order valence-electron chi connectivity index (χ2n) is 9.43. The third-order valence-electron chi connectivity index (χ3n) is 6.81. The summed E-state index contributed by atoms with van der Waals surface area (Å²) in [5.41, 5.74) is 1.78. The molecule has 0 spiro atoms. The van der Waals surface area contributed by atoms with Crippen molar-refractivity contribution in [3.63, 3.8) is 0 Å². The molecule has 0 aromatic heterocycles. The van der Waals surface area contributed by atoms with Gasteiger partial charge in [-0.2, -0.15) is 5.26 Å². The summed E-state index contributed by atoms with van der Waals surface area (Å²) in [7, 11) is -0.315. The maximum absolute atomic E-state index is 11.9. The number of hydrogen-bond donors (Lipinski definition) is 1. The van der Waals surface area contributed by atoms with E-state index in [2.05, 4.69) is 57.3 Å². The zero-order valence-corrected chi connectivity index (χ0v) is 18.2. The molecule has 1 aliphatic heterocycles. The first-order chi connectivity index (χ1) is 13.7. The zero-order chi connectivity index (χ0) is 21.1. The van der Waals surface area contributed by atoms with Gasteiger partial charge in [-0.25, -0.2) is 0 Å². The predicted octanol–water partition coefficient (Wildman–Crippen LogP) is 3.68. The number of rotatable bonds is 6. The quantitative estimate of drug-likeness (QED) is 0.588. The molecule has 1 amide bonds. The Morgan fingerprint density at radius 2 is 1.69 bits per heavy atom. The molecule has 1 saturated carbocycles. The Hall–Kier alpha value is -1.84. The van der Waals surface area contributed by atoms with Crippen molar-refractivity contribution in [2.24, 2.45) is 5.92 Å². The fourth-order valence-electron chi connectivity index (χ4n) is 4.20. The van der Waals surface area contributed by atoms with Gasteiger partial charge in [-0.3, -0.25) is 4.79 Å².